The van der Waals surface area contributed by atoms with Crippen LogP contribution in [-0.4, -0.2) is 49.7 Å². The van der Waals surface area contributed by atoms with Crippen LogP contribution in [-0.2, 0) is 10.0 Å². The zero-order valence-corrected chi connectivity index (χ0v) is 14.9. The molecule has 0 bridgehead atoms. The number of carbonyl (C=O) groups excluding carboxylic acids is 1. The summed E-state index contributed by atoms with van der Waals surface area (Å²) < 4.78 is 27.0. The molecular weight excluding hydrogens is 326 g/mol. The normalized spacial score (nSPS) is 18.8. The maximum absolute atomic E-state index is 12.7. The van der Waals surface area contributed by atoms with E-state index in [-0.39, 0.29) is 23.3 Å². The van der Waals surface area contributed by atoms with Crippen molar-refractivity contribution in [3.63, 3.8) is 0 Å². The summed E-state index contributed by atoms with van der Waals surface area (Å²) in [6.45, 7) is 2.82. The number of piperidine rings is 1. The van der Waals surface area contributed by atoms with E-state index in [9.17, 15) is 13.2 Å². The summed E-state index contributed by atoms with van der Waals surface area (Å²) in [5, 5.41) is 8.58. The highest BCUT2D eigenvalue weighted by Gasteiger charge is 2.30. The molecule has 2 rings (SSSR count). The molecule has 1 atom stereocenters. The van der Waals surface area contributed by atoms with Crippen LogP contribution in [0.3, 0.4) is 0 Å². The number of hydrogen-bond acceptors (Lipinski definition) is 4. The molecule has 0 N–H and O–H groups in total. The molecule has 130 valence electrons. The number of amides is 1. The first-order chi connectivity index (χ1) is 11.4. The third-order valence-corrected chi connectivity index (χ3v) is 6.38. The van der Waals surface area contributed by atoms with E-state index in [0.29, 0.717) is 18.7 Å². The van der Waals surface area contributed by atoms with Crippen molar-refractivity contribution in [2.45, 2.75) is 43.5 Å². The lowest BCUT2D eigenvalue weighted by Gasteiger charge is -2.32. The highest BCUT2D eigenvalue weighted by Crippen LogP contribution is 2.25. The maximum atomic E-state index is 12.7. The summed E-state index contributed by atoms with van der Waals surface area (Å²) in [5.74, 6) is -0.222. The molecule has 0 spiro atoms. The van der Waals surface area contributed by atoms with Crippen LogP contribution in [0.25, 0.3) is 0 Å². The number of sulfonamides is 1. The van der Waals surface area contributed by atoms with Gasteiger partial charge in [0.2, 0.25) is 10.0 Å². The van der Waals surface area contributed by atoms with Crippen LogP contribution >= 0.6 is 0 Å². The molecule has 1 fully saturated rings. The second kappa shape index (κ2) is 7.77. The molecule has 1 aromatic carbocycles. The van der Waals surface area contributed by atoms with Gasteiger partial charge in [-0.2, -0.15) is 9.57 Å². The van der Waals surface area contributed by atoms with Crippen LogP contribution in [0.1, 0.15) is 43.0 Å². The predicted octanol–water partition coefficient (Wildman–Crippen LogP) is 2.24. The first-order valence-corrected chi connectivity index (χ1v) is 9.56. The van der Waals surface area contributed by atoms with Gasteiger partial charge in [-0.3, -0.25) is 4.79 Å². The number of rotatable bonds is 5. The molecule has 7 heteroatoms. The molecule has 0 aromatic heterocycles. The topological polar surface area (TPSA) is 81.5 Å². The molecule has 1 aliphatic heterocycles. The summed E-state index contributed by atoms with van der Waals surface area (Å²) >= 11 is 0. The van der Waals surface area contributed by atoms with Gasteiger partial charge in [0, 0.05) is 31.7 Å². The number of nitrogens with zero attached hydrogens (tertiary/aromatic N) is 3. The van der Waals surface area contributed by atoms with Crippen LogP contribution in [0.5, 0.6) is 0 Å². The van der Waals surface area contributed by atoms with Crippen molar-refractivity contribution in [3.05, 3.63) is 29.8 Å². The summed E-state index contributed by atoms with van der Waals surface area (Å²) in [5.41, 5.74) is 0.418. The zero-order chi connectivity index (χ0) is 17.7. The standard InChI is InChI=1S/C17H23N3O3S/c1-14-6-3-4-13-20(14)24(22,23)16-9-7-15(8-10-16)17(21)19(2)12-5-11-18/h7-10,14H,3-6,12-13H2,1-2H3. The molecule has 0 radical (unpaired) electrons. The van der Waals surface area contributed by atoms with E-state index in [0.717, 1.165) is 19.3 Å². The SMILES string of the molecule is CC1CCCCN1S(=O)(=O)c1ccc(C(=O)N(C)CCC#N)cc1. The Morgan fingerprint density at radius 1 is 1.33 bits per heavy atom. The van der Waals surface area contributed by atoms with Crippen molar-refractivity contribution in [2.75, 3.05) is 20.1 Å². The lowest BCUT2D eigenvalue weighted by molar-refractivity contribution is 0.0798. The molecule has 1 unspecified atom stereocenters. The van der Waals surface area contributed by atoms with Gasteiger partial charge in [-0.15, -0.1) is 0 Å². The second-order valence-electron chi connectivity index (χ2n) is 6.12. The van der Waals surface area contributed by atoms with Crippen molar-refractivity contribution in [3.8, 4) is 6.07 Å². The minimum atomic E-state index is -3.52. The van der Waals surface area contributed by atoms with E-state index in [1.165, 1.54) is 29.2 Å². The summed E-state index contributed by atoms with van der Waals surface area (Å²) in [6, 6.07) is 8.04. The largest absolute Gasteiger partial charge is 0.341 e. The first kappa shape index (κ1) is 18.4. The third-order valence-electron chi connectivity index (χ3n) is 4.36. The van der Waals surface area contributed by atoms with Crippen LogP contribution in [0.4, 0.5) is 0 Å². The Balaban J connectivity index is 2.16. The quantitative estimate of drug-likeness (QED) is 0.816. The fourth-order valence-electron chi connectivity index (χ4n) is 2.87. The molecule has 6 nitrogen and oxygen atoms in total. The van der Waals surface area contributed by atoms with Gasteiger partial charge < -0.3 is 4.90 Å². The number of hydrogen-bond donors (Lipinski definition) is 0. The number of carbonyl (C=O) groups is 1. The zero-order valence-electron chi connectivity index (χ0n) is 14.1. The Labute approximate surface area is 143 Å². The van der Waals surface area contributed by atoms with Crippen LogP contribution in [0.15, 0.2) is 29.2 Å². The van der Waals surface area contributed by atoms with Gasteiger partial charge in [-0.25, -0.2) is 8.42 Å². The molecular formula is C17H23N3O3S. The van der Waals surface area contributed by atoms with E-state index < -0.39 is 10.0 Å². The third kappa shape index (κ3) is 3.94. The number of nitriles is 1. The van der Waals surface area contributed by atoms with Crippen LogP contribution < -0.4 is 0 Å². The Morgan fingerprint density at radius 3 is 2.58 bits per heavy atom. The predicted molar refractivity (Wildman–Crippen MR) is 90.8 cm³/mol. The van der Waals surface area contributed by atoms with Crippen molar-refractivity contribution < 1.29 is 13.2 Å². The average Bonchev–Trinajstić information content (AvgIpc) is 2.59. The Bertz CT molecular complexity index is 722. The van der Waals surface area contributed by atoms with E-state index in [4.69, 9.17) is 5.26 Å². The Hall–Kier alpha value is -1.91. The maximum Gasteiger partial charge on any atom is 0.253 e. The van der Waals surface area contributed by atoms with E-state index in [1.807, 2.05) is 13.0 Å². The monoisotopic (exact) mass is 349 g/mol. The van der Waals surface area contributed by atoms with E-state index in [2.05, 4.69) is 0 Å². The summed E-state index contributed by atoms with van der Waals surface area (Å²) in [7, 11) is -1.90. The molecule has 1 heterocycles. The van der Waals surface area contributed by atoms with Crippen molar-refractivity contribution in [2.24, 2.45) is 0 Å². The Morgan fingerprint density at radius 2 is 2.00 bits per heavy atom. The lowest BCUT2D eigenvalue weighted by atomic mass is 10.1. The molecule has 24 heavy (non-hydrogen) atoms. The smallest absolute Gasteiger partial charge is 0.253 e. The van der Waals surface area contributed by atoms with Gasteiger partial charge in [0.15, 0.2) is 0 Å². The number of benzene rings is 1. The van der Waals surface area contributed by atoms with Crippen molar-refractivity contribution >= 4 is 15.9 Å². The van der Waals surface area contributed by atoms with Crippen molar-refractivity contribution in [1.82, 2.24) is 9.21 Å². The molecule has 1 aromatic rings. The molecule has 0 saturated carbocycles. The molecule has 1 amide bonds. The van der Waals surface area contributed by atoms with Gasteiger partial charge >= 0.3 is 0 Å². The van der Waals surface area contributed by atoms with Gasteiger partial charge in [0.25, 0.3) is 5.91 Å². The van der Waals surface area contributed by atoms with E-state index in [1.54, 1.807) is 11.4 Å². The first-order valence-electron chi connectivity index (χ1n) is 8.12. The van der Waals surface area contributed by atoms with Crippen molar-refractivity contribution in [1.29, 1.82) is 5.26 Å². The lowest BCUT2D eigenvalue weighted by Crippen LogP contribution is -2.41. The molecule has 1 aliphatic rings. The fraction of sp³-hybridized carbons (Fsp3) is 0.529. The van der Waals surface area contributed by atoms with Gasteiger partial charge in [-0.05, 0) is 44.0 Å². The highest BCUT2D eigenvalue weighted by molar-refractivity contribution is 7.89. The summed E-state index contributed by atoms with van der Waals surface area (Å²) in [6.07, 6.45) is 3.07. The van der Waals surface area contributed by atoms with Gasteiger partial charge in [-0.1, -0.05) is 6.42 Å². The van der Waals surface area contributed by atoms with Crippen LogP contribution in [0, 0.1) is 11.3 Å². The molecule has 1 saturated heterocycles. The van der Waals surface area contributed by atoms with Gasteiger partial charge in [0.05, 0.1) is 17.4 Å². The van der Waals surface area contributed by atoms with Gasteiger partial charge in [0.1, 0.15) is 0 Å². The average molecular weight is 349 g/mol. The van der Waals surface area contributed by atoms with Crippen LogP contribution in [0.2, 0.25) is 0 Å². The fourth-order valence-corrected chi connectivity index (χ4v) is 4.57. The minimum absolute atomic E-state index is 0.00201. The van der Waals surface area contributed by atoms with E-state index >= 15 is 0 Å². The second-order valence-corrected chi connectivity index (χ2v) is 8.01. The molecule has 0 aliphatic carbocycles. The highest BCUT2D eigenvalue weighted by atomic mass is 32.2. The minimum Gasteiger partial charge on any atom is -0.341 e. The Kier molecular flexibility index (Phi) is 5.97. The summed E-state index contributed by atoms with van der Waals surface area (Å²) in [4.78, 5) is 13.9.